The summed E-state index contributed by atoms with van der Waals surface area (Å²) in [4.78, 5) is 2.75. The van der Waals surface area contributed by atoms with E-state index in [2.05, 4.69) is 54.2 Å². The Morgan fingerprint density at radius 2 is 1.42 bits per heavy atom. The Morgan fingerprint density at radius 3 is 1.79 bits per heavy atom. The first-order chi connectivity index (χ1) is 9.18. The van der Waals surface area contributed by atoms with Crippen LogP contribution in [0.4, 0.5) is 0 Å². The normalized spacial score (nSPS) is 35.4. The van der Waals surface area contributed by atoms with Gasteiger partial charge in [-0.05, 0) is 22.9 Å². The predicted molar refractivity (Wildman–Crippen MR) is 80.4 cm³/mol. The SMILES string of the molecule is C[C@@H]1C(O)[C@H](C)[C@@H](c2cccs2)[NH2+][C@@H]1c1cccs1. The van der Waals surface area contributed by atoms with E-state index in [-0.39, 0.29) is 6.10 Å². The quantitative estimate of drug-likeness (QED) is 0.878. The van der Waals surface area contributed by atoms with Gasteiger partial charge in [0, 0.05) is 11.8 Å². The van der Waals surface area contributed by atoms with E-state index in [1.807, 2.05) is 0 Å². The van der Waals surface area contributed by atoms with Crippen LogP contribution in [0.5, 0.6) is 0 Å². The van der Waals surface area contributed by atoms with E-state index in [1.54, 1.807) is 22.7 Å². The van der Waals surface area contributed by atoms with Crippen molar-refractivity contribution in [3.8, 4) is 0 Å². The van der Waals surface area contributed by atoms with Crippen molar-refractivity contribution in [2.24, 2.45) is 11.8 Å². The second kappa shape index (κ2) is 5.37. The molecule has 1 aliphatic rings. The monoisotopic (exact) mass is 294 g/mol. The van der Waals surface area contributed by atoms with Crippen LogP contribution in [0.2, 0.25) is 0 Å². The van der Waals surface area contributed by atoms with Gasteiger partial charge in [-0.2, -0.15) is 0 Å². The Hall–Kier alpha value is -0.680. The van der Waals surface area contributed by atoms with Gasteiger partial charge in [0.05, 0.1) is 15.9 Å². The molecule has 3 rings (SSSR count). The van der Waals surface area contributed by atoms with Crippen molar-refractivity contribution in [1.29, 1.82) is 0 Å². The van der Waals surface area contributed by atoms with Crippen molar-refractivity contribution in [1.82, 2.24) is 0 Å². The lowest BCUT2D eigenvalue weighted by Gasteiger charge is -2.40. The van der Waals surface area contributed by atoms with Gasteiger partial charge in [0.1, 0.15) is 12.1 Å². The van der Waals surface area contributed by atoms with Gasteiger partial charge < -0.3 is 10.4 Å². The molecule has 0 aliphatic carbocycles. The molecule has 0 saturated carbocycles. The average Bonchev–Trinajstić information content (AvgIpc) is 3.08. The highest BCUT2D eigenvalue weighted by molar-refractivity contribution is 7.10. The Bertz CT molecular complexity index is 462. The van der Waals surface area contributed by atoms with Crippen LogP contribution >= 0.6 is 22.7 Å². The molecule has 1 fully saturated rings. The summed E-state index contributed by atoms with van der Waals surface area (Å²) in [6.45, 7) is 4.35. The molecule has 102 valence electrons. The van der Waals surface area contributed by atoms with Crippen molar-refractivity contribution in [2.45, 2.75) is 32.0 Å². The topological polar surface area (TPSA) is 36.8 Å². The summed E-state index contributed by atoms with van der Waals surface area (Å²) in [5, 5.41) is 17.3. The average molecular weight is 294 g/mol. The molecule has 3 N–H and O–H groups in total. The molecule has 1 aliphatic heterocycles. The fraction of sp³-hybridized carbons (Fsp3) is 0.467. The lowest BCUT2D eigenvalue weighted by molar-refractivity contribution is -0.758. The van der Waals surface area contributed by atoms with Crippen LogP contribution in [0, 0.1) is 11.8 Å². The zero-order valence-electron chi connectivity index (χ0n) is 11.2. The zero-order valence-corrected chi connectivity index (χ0v) is 12.8. The number of quaternary nitrogens is 1. The van der Waals surface area contributed by atoms with Crippen LogP contribution in [0.1, 0.15) is 35.7 Å². The van der Waals surface area contributed by atoms with Gasteiger partial charge in [0.25, 0.3) is 0 Å². The van der Waals surface area contributed by atoms with Crippen LogP contribution in [-0.4, -0.2) is 11.2 Å². The Kier molecular flexibility index (Phi) is 3.76. The molecule has 19 heavy (non-hydrogen) atoms. The van der Waals surface area contributed by atoms with Crippen molar-refractivity contribution in [2.75, 3.05) is 0 Å². The second-order valence-electron chi connectivity index (χ2n) is 5.48. The molecule has 5 atom stereocenters. The van der Waals surface area contributed by atoms with Gasteiger partial charge in [-0.1, -0.05) is 26.0 Å². The van der Waals surface area contributed by atoms with Gasteiger partial charge in [0.15, 0.2) is 0 Å². The van der Waals surface area contributed by atoms with E-state index in [0.717, 1.165) is 0 Å². The molecule has 3 heterocycles. The minimum Gasteiger partial charge on any atom is -0.392 e. The van der Waals surface area contributed by atoms with E-state index < -0.39 is 0 Å². The Balaban J connectivity index is 1.91. The van der Waals surface area contributed by atoms with Crippen molar-refractivity contribution < 1.29 is 10.4 Å². The number of hydrogen-bond donors (Lipinski definition) is 2. The van der Waals surface area contributed by atoms with E-state index in [9.17, 15) is 5.11 Å². The minimum absolute atomic E-state index is 0.232. The van der Waals surface area contributed by atoms with Crippen molar-refractivity contribution in [3.63, 3.8) is 0 Å². The van der Waals surface area contributed by atoms with Crippen LogP contribution < -0.4 is 5.32 Å². The highest BCUT2D eigenvalue weighted by atomic mass is 32.1. The van der Waals surface area contributed by atoms with Gasteiger partial charge >= 0.3 is 0 Å². The molecule has 1 saturated heterocycles. The molecular weight excluding hydrogens is 274 g/mol. The Labute approximate surface area is 122 Å². The lowest BCUT2D eigenvalue weighted by atomic mass is 9.78. The number of aliphatic hydroxyl groups is 1. The van der Waals surface area contributed by atoms with E-state index in [4.69, 9.17) is 0 Å². The van der Waals surface area contributed by atoms with Crippen molar-refractivity contribution >= 4 is 22.7 Å². The van der Waals surface area contributed by atoms with Crippen LogP contribution in [0.15, 0.2) is 35.0 Å². The highest BCUT2D eigenvalue weighted by Crippen LogP contribution is 2.37. The van der Waals surface area contributed by atoms with Gasteiger partial charge in [0.2, 0.25) is 0 Å². The molecule has 2 nitrogen and oxygen atoms in total. The predicted octanol–water partition coefficient (Wildman–Crippen LogP) is 2.80. The third-order valence-corrected chi connectivity index (χ3v) is 6.32. The summed E-state index contributed by atoms with van der Waals surface area (Å²) in [6, 6.07) is 9.33. The van der Waals surface area contributed by atoms with Gasteiger partial charge in [-0.15, -0.1) is 22.7 Å². The highest BCUT2D eigenvalue weighted by Gasteiger charge is 2.44. The number of aliphatic hydroxyl groups excluding tert-OH is 1. The summed E-state index contributed by atoms with van der Waals surface area (Å²) < 4.78 is 0. The maximum Gasteiger partial charge on any atom is 0.126 e. The summed E-state index contributed by atoms with van der Waals surface area (Å²) >= 11 is 3.59. The molecule has 2 aromatic heterocycles. The second-order valence-corrected chi connectivity index (χ2v) is 7.44. The van der Waals surface area contributed by atoms with Crippen LogP contribution in [0.25, 0.3) is 0 Å². The number of thiophene rings is 2. The molecule has 0 bridgehead atoms. The smallest absolute Gasteiger partial charge is 0.126 e. The lowest BCUT2D eigenvalue weighted by Crippen LogP contribution is -2.91. The first-order valence-corrected chi connectivity index (χ1v) is 8.54. The van der Waals surface area contributed by atoms with Crippen LogP contribution in [0.3, 0.4) is 0 Å². The van der Waals surface area contributed by atoms with Crippen LogP contribution in [-0.2, 0) is 0 Å². The number of hydrogen-bond acceptors (Lipinski definition) is 3. The summed E-state index contributed by atoms with van der Waals surface area (Å²) in [5.74, 6) is 0.592. The van der Waals surface area contributed by atoms with Crippen molar-refractivity contribution in [3.05, 3.63) is 44.8 Å². The van der Waals surface area contributed by atoms with E-state index in [0.29, 0.717) is 23.9 Å². The molecule has 1 unspecified atom stereocenters. The molecule has 2 aromatic rings. The van der Waals surface area contributed by atoms with Gasteiger partial charge in [-0.3, -0.25) is 0 Å². The number of nitrogens with two attached hydrogens (primary N) is 1. The third-order valence-electron chi connectivity index (χ3n) is 4.37. The number of piperidine rings is 1. The molecule has 0 amide bonds. The maximum absolute atomic E-state index is 10.6. The molecule has 0 spiro atoms. The summed E-state index contributed by atoms with van der Waals surface area (Å²) in [6.07, 6.45) is -0.232. The summed E-state index contributed by atoms with van der Waals surface area (Å²) in [7, 11) is 0. The zero-order chi connectivity index (χ0) is 13.4. The number of rotatable bonds is 2. The fourth-order valence-corrected chi connectivity index (χ4v) is 4.99. The first kappa shape index (κ1) is 13.3. The van der Waals surface area contributed by atoms with E-state index >= 15 is 0 Å². The minimum atomic E-state index is -0.232. The van der Waals surface area contributed by atoms with E-state index in [1.165, 1.54) is 9.75 Å². The fourth-order valence-electron chi connectivity index (χ4n) is 3.15. The first-order valence-electron chi connectivity index (χ1n) is 6.78. The third kappa shape index (κ3) is 2.38. The molecular formula is C15H20NOS2+. The Morgan fingerprint density at radius 1 is 0.947 bits per heavy atom. The standard InChI is InChI=1S/C15H19NOS2/c1-9-13(11-5-3-7-18-11)16-14(10(2)15(9)17)12-6-4-8-19-12/h3-10,13-17H,1-2H3/p+1/t9-,10+,13-,14-,15?/m0/s1. The van der Waals surface area contributed by atoms with Gasteiger partial charge in [-0.25, -0.2) is 0 Å². The summed E-state index contributed by atoms with van der Waals surface area (Å²) in [5.41, 5.74) is 0. The molecule has 0 aromatic carbocycles. The molecule has 4 heteroatoms. The maximum atomic E-state index is 10.6. The largest absolute Gasteiger partial charge is 0.392 e. The molecule has 0 radical (unpaired) electrons.